The number of Topliss-reactive ketones (excluding diaryl/α,β-unsaturated/α-hetero) is 1. The van der Waals surface area contributed by atoms with E-state index in [2.05, 4.69) is 0 Å². The van der Waals surface area contributed by atoms with Crippen molar-refractivity contribution in [3.05, 3.63) is 35.7 Å². The molecular weight excluding hydrogens is 143 g/mol. The molecule has 0 amide bonds. The van der Waals surface area contributed by atoms with E-state index in [0.717, 1.165) is 0 Å². The van der Waals surface area contributed by atoms with Gasteiger partial charge in [0.1, 0.15) is 5.83 Å². The summed E-state index contributed by atoms with van der Waals surface area (Å²) in [6.07, 6.45) is 6.37. The second-order valence-electron chi connectivity index (χ2n) is 2.41. The number of hydrogen-bond acceptors (Lipinski definition) is 1. The number of halogens is 1. The van der Waals surface area contributed by atoms with E-state index in [1.165, 1.54) is 25.2 Å². The predicted molar refractivity (Wildman–Crippen MR) is 41.7 cm³/mol. The molecule has 0 aromatic heterocycles. The maximum Gasteiger partial charge on any atom is 0.156 e. The van der Waals surface area contributed by atoms with Crippen molar-refractivity contribution in [2.24, 2.45) is 0 Å². The highest BCUT2D eigenvalue weighted by molar-refractivity contribution is 5.93. The van der Waals surface area contributed by atoms with Crippen molar-refractivity contribution in [3.63, 3.8) is 0 Å². The summed E-state index contributed by atoms with van der Waals surface area (Å²) < 4.78 is 12.5. The third-order valence-electron chi connectivity index (χ3n) is 1.51. The Hall–Kier alpha value is -1.18. The smallest absolute Gasteiger partial charge is 0.156 e. The normalized spacial score (nSPS) is 16.9. The van der Waals surface area contributed by atoms with Gasteiger partial charge in [0.2, 0.25) is 0 Å². The van der Waals surface area contributed by atoms with Gasteiger partial charge in [-0.25, -0.2) is 4.39 Å². The Labute approximate surface area is 64.9 Å². The minimum Gasteiger partial charge on any atom is -0.295 e. The molecular formula is C9H9FO. The first-order valence-corrected chi connectivity index (χ1v) is 3.44. The van der Waals surface area contributed by atoms with E-state index < -0.39 is 0 Å². The third-order valence-corrected chi connectivity index (χ3v) is 1.51. The molecule has 0 saturated carbocycles. The van der Waals surface area contributed by atoms with Crippen molar-refractivity contribution in [1.82, 2.24) is 0 Å². The standard InChI is InChI=1S/C9H9FO/c1-7(11)8-3-2-4-9(10)6-5-8/h2,4-6H,3H2,1H3. The molecule has 0 bridgehead atoms. The van der Waals surface area contributed by atoms with Crippen LogP contribution in [0.5, 0.6) is 0 Å². The Morgan fingerprint density at radius 3 is 2.91 bits per heavy atom. The molecule has 0 spiro atoms. The lowest BCUT2D eigenvalue weighted by atomic mass is 10.1. The summed E-state index contributed by atoms with van der Waals surface area (Å²) in [6, 6.07) is 0. The SMILES string of the molecule is CC(=O)C1=CC=C(F)C=CC1. The van der Waals surface area contributed by atoms with E-state index >= 15 is 0 Å². The lowest BCUT2D eigenvalue weighted by Crippen LogP contribution is -1.93. The van der Waals surface area contributed by atoms with Crippen LogP contribution in [-0.2, 0) is 4.79 Å². The van der Waals surface area contributed by atoms with Gasteiger partial charge in [0.15, 0.2) is 5.78 Å². The molecule has 0 unspecified atom stereocenters. The van der Waals surface area contributed by atoms with Crippen molar-refractivity contribution < 1.29 is 9.18 Å². The van der Waals surface area contributed by atoms with Crippen molar-refractivity contribution >= 4 is 5.78 Å². The Balaban J connectivity index is 2.86. The molecule has 0 saturated heterocycles. The minimum atomic E-state index is -0.304. The first-order chi connectivity index (χ1) is 5.20. The summed E-state index contributed by atoms with van der Waals surface area (Å²) in [5, 5.41) is 0. The van der Waals surface area contributed by atoms with Crippen molar-refractivity contribution in [1.29, 1.82) is 0 Å². The zero-order chi connectivity index (χ0) is 8.27. The molecule has 0 aromatic rings. The van der Waals surface area contributed by atoms with E-state index in [4.69, 9.17) is 0 Å². The molecule has 1 nitrogen and oxygen atoms in total. The van der Waals surface area contributed by atoms with Crippen molar-refractivity contribution in [2.45, 2.75) is 13.3 Å². The molecule has 0 fully saturated rings. The summed E-state index contributed by atoms with van der Waals surface area (Å²) in [5.41, 5.74) is 0.647. The summed E-state index contributed by atoms with van der Waals surface area (Å²) in [6.45, 7) is 1.48. The Morgan fingerprint density at radius 2 is 2.27 bits per heavy atom. The fourth-order valence-corrected chi connectivity index (χ4v) is 0.863. The maximum absolute atomic E-state index is 12.5. The monoisotopic (exact) mass is 152 g/mol. The van der Waals surface area contributed by atoms with Crippen LogP contribution in [0.15, 0.2) is 35.7 Å². The van der Waals surface area contributed by atoms with Crippen LogP contribution >= 0.6 is 0 Å². The molecule has 1 aliphatic carbocycles. The second-order valence-corrected chi connectivity index (χ2v) is 2.41. The average Bonchev–Trinajstić information content (AvgIpc) is 2.13. The molecule has 2 heteroatoms. The number of allylic oxidation sites excluding steroid dienone is 6. The number of rotatable bonds is 1. The second kappa shape index (κ2) is 3.28. The van der Waals surface area contributed by atoms with Crippen LogP contribution in [0.25, 0.3) is 0 Å². The van der Waals surface area contributed by atoms with Gasteiger partial charge < -0.3 is 0 Å². The van der Waals surface area contributed by atoms with Gasteiger partial charge in [0.25, 0.3) is 0 Å². The fraction of sp³-hybridized carbons (Fsp3) is 0.222. The highest BCUT2D eigenvalue weighted by Crippen LogP contribution is 2.12. The molecule has 1 rings (SSSR count). The van der Waals surface area contributed by atoms with Crippen LogP contribution in [0.2, 0.25) is 0 Å². The fourth-order valence-electron chi connectivity index (χ4n) is 0.863. The first kappa shape index (κ1) is 7.92. The van der Waals surface area contributed by atoms with E-state index in [1.807, 2.05) is 0 Å². The zero-order valence-corrected chi connectivity index (χ0v) is 6.30. The summed E-state index contributed by atoms with van der Waals surface area (Å²) in [7, 11) is 0. The van der Waals surface area contributed by atoms with E-state index in [-0.39, 0.29) is 11.6 Å². The van der Waals surface area contributed by atoms with Gasteiger partial charge in [-0.05, 0) is 31.1 Å². The summed E-state index contributed by atoms with van der Waals surface area (Å²) in [4.78, 5) is 10.8. The number of carbonyl (C=O) groups excluding carboxylic acids is 1. The Kier molecular flexibility index (Phi) is 2.36. The topological polar surface area (TPSA) is 17.1 Å². The number of carbonyl (C=O) groups is 1. The third kappa shape index (κ3) is 2.15. The van der Waals surface area contributed by atoms with Crippen molar-refractivity contribution in [3.8, 4) is 0 Å². The van der Waals surface area contributed by atoms with Crippen molar-refractivity contribution in [2.75, 3.05) is 0 Å². The quantitative estimate of drug-likeness (QED) is 0.563. The van der Waals surface area contributed by atoms with E-state index in [9.17, 15) is 9.18 Å². The maximum atomic E-state index is 12.5. The molecule has 0 N–H and O–H groups in total. The van der Waals surface area contributed by atoms with E-state index in [1.54, 1.807) is 6.08 Å². The Bertz CT molecular complexity index is 259. The number of hydrogen-bond donors (Lipinski definition) is 0. The van der Waals surface area contributed by atoms with Crippen LogP contribution in [0.1, 0.15) is 13.3 Å². The summed E-state index contributed by atoms with van der Waals surface area (Å²) in [5.74, 6) is -0.304. The van der Waals surface area contributed by atoms with Crippen LogP contribution in [0, 0.1) is 0 Å². The molecule has 11 heavy (non-hydrogen) atoms. The van der Waals surface area contributed by atoms with Crippen LogP contribution < -0.4 is 0 Å². The highest BCUT2D eigenvalue weighted by Gasteiger charge is 2.02. The largest absolute Gasteiger partial charge is 0.295 e. The zero-order valence-electron chi connectivity index (χ0n) is 6.30. The van der Waals surface area contributed by atoms with E-state index in [0.29, 0.717) is 12.0 Å². The van der Waals surface area contributed by atoms with Crippen LogP contribution in [0.3, 0.4) is 0 Å². The number of ketones is 1. The van der Waals surface area contributed by atoms with Gasteiger partial charge in [0, 0.05) is 0 Å². The molecule has 0 aliphatic heterocycles. The molecule has 0 aromatic carbocycles. The predicted octanol–water partition coefficient (Wildman–Crippen LogP) is 2.32. The molecule has 58 valence electrons. The van der Waals surface area contributed by atoms with Gasteiger partial charge >= 0.3 is 0 Å². The van der Waals surface area contributed by atoms with Crippen LogP contribution in [0.4, 0.5) is 4.39 Å². The first-order valence-electron chi connectivity index (χ1n) is 3.44. The van der Waals surface area contributed by atoms with Gasteiger partial charge in [-0.3, -0.25) is 4.79 Å². The lowest BCUT2D eigenvalue weighted by molar-refractivity contribution is -0.113. The van der Waals surface area contributed by atoms with Crippen LogP contribution in [-0.4, -0.2) is 5.78 Å². The lowest BCUT2D eigenvalue weighted by Gasteiger charge is -1.93. The average molecular weight is 152 g/mol. The van der Waals surface area contributed by atoms with Gasteiger partial charge in [0.05, 0.1) is 0 Å². The minimum absolute atomic E-state index is 0.000556. The molecule has 1 aliphatic rings. The molecule has 0 radical (unpaired) electrons. The Morgan fingerprint density at radius 1 is 1.55 bits per heavy atom. The molecule has 0 heterocycles. The van der Waals surface area contributed by atoms with Gasteiger partial charge in [-0.1, -0.05) is 12.2 Å². The highest BCUT2D eigenvalue weighted by atomic mass is 19.1. The van der Waals surface area contributed by atoms with Gasteiger partial charge in [-0.2, -0.15) is 0 Å². The summed E-state index contributed by atoms with van der Waals surface area (Å²) >= 11 is 0. The van der Waals surface area contributed by atoms with Gasteiger partial charge in [-0.15, -0.1) is 0 Å². The molecule has 0 atom stereocenters.